The largest absolute Gasteiger partial charge is 0.354 e. The first-order chi connectivity index (χ1) is 5.66. The highest BCUT2D eigenvalue weighted by molar-refractivity contribution is 5.76. The molecule has 0 spiro atoms. The second-order valence-electron chi connectivity index (χ2n) is 2.18. The standard InChI is InChI=1S/C6H14N4O2/c7-2-1-5(11)9-3-4-10-6(8)12/h1-4,7H2,(H,9,11)(H3,8,10,12). The summed E-state index contributed by atoms with van der Waals surface area (Å²) in [4.78, 5) is 20.9. The Morgan fingerprint density at radius 2 is 1.75 bits per heavy atom. The molecule has 0 aliphatic rings. The summed E-state index contributed by atoms with van der Waals surface area (Å²) in [5, 5.41) is 4.89. The van der Waals surface area contributed by atoms with Gasteiger partial charge in [-0.15, -0.1) is 0 Å². The van der Waals surface area contributed by atoms with Crippen LogP contribution in [0.2, 0.25) is 0 Å². The first-order valence-corrected chi connectivity index (χ1v) is 3.67. The maximum Gasteiger partial charge on any atom is 0.312 e. The molecule has 3 amide bonds. The quantitative estimate of drug-likeness (QED) is 0.366. The van der Waals surface area contributed by atoms with Gasteiger partial charge in [0.2, 0.25) is 5.91 Å². The van der Waals surface area contributed by atoms with Crippen LogP contribution in [0.4, 0.5) is 4.79 Å². The first kappa shape index (κ1) is 10.7. The molecule has 0 radical (unpaired) electrons. The van der Waals surface area contributed by atoms with Crippen molar-refractivity contribution in [1.29, 1.82) is 0 Å². The number of rotatable bonds is 5. The second kappa shape index (κ2) is 6.41. The maximum atomic E-state index is 10.8. The van der Waals surface area contributed by atoms with Gasteiger partial charge in [0.05, 0.1) is 0 Å². The molecule has 6 heteroatoms. The van der Waals surface area contributed by atoms with Gasteiger partial charge in [0.1, 0.15) is 0 Å². The van der Waals surface area contributed by atoms with Crippen molar-refractivity contribution in [3.8, 4) is 0 Å². The predicted molar refractivity (Wildman–Crippen MR) is 44.3 cm³/mol. The Balaban J connectivity index is 3.19. The molecule has 0 saturated carbocycles. The summed E-state index contributed by atoms with van der Waals surface area (Å²) in [6, 6.07) is -0.594. The smallest absolute Gasteiger partial charge is 0.312 e. The van der Waals surface area contributed by atoms with Crippen LogP contribution in [0, 0.1) is 0 Å². The van der Waals surface area contributed by atoms with Crippen molar-refractivity contribution in [2.45, 2.75) is 6.42 Å². The highest BCUT2D eigenvalue weighted by Crippen LogP contribution is 1.72. The van der Waals surface area contributed by atoms with Gasteiger partial charge >= 0.3 is 6.03 Å². The van der Waals surface area contributed by atoms with E-state index < -0.39 is 6.03 Å². The van der Waals surface area contributed by atoms with Crippen LogP contribution < -0.4 is 22.1 Å². The summed E-state index contributed by atoms with van der Waals surface area (Å²) in [6.45, 7) is 1.04. The predicted octanol–water partition coefficient (Wildman–Crippen LogP) is -1.88. The molecular weight excluding hydrogens is 160 g/mol. The summed E-state index contributed by atoms with van der Waals surface area (Å²) in [5.74, 6) is -0.122. The van der Waals surface area contributed by atoms with E-state index in [1.165, 1.54) is 0 Å². The second-order valence-corrected chi connectivity index (χ2v) is 2.18. The van der Waals surface area contributed by atoms with Gasteiger partial charge in [0, 0.05) is 26.1 Å². The van der Waals surface area contributed by atoms with E-state index in [-0.39, 0.29) is 5.91 Å². The van der Waals surface area contributed by atoms with Crippen LogP contribution >= 0.6 is 0 Å². The number of carbonyl (C=O) groups excluding carboxylic acids is 2. The Bertz CT molecular complexity index is 160. The van der Waals surface area contributed by atoms with Gasteiger partial charge in [0.15, 0.2) is 0 Å². The molecule has 0 unspecified atom stereocenters. The fraction of sp³-hybridized carbons (Fsp3) is 0.667. The van der Waals surface area contributed by atoms with E-state index in [1.54, 1.807) is 0 Å². The number of nitrogens with two attached hydrogens (primary N) is 2. The molecule has 0 fully saturated rings. The molecule has 0 saturated heterocycles. The lowest BCUT2D eigenvalue weighted by molar-refractivity contribution is -0.120. The molecule has 0 aliphatic heterocycles. The van der Waals surface area contributed by atoms with Crippen molar-refractivity contribution in [3.05, 3.63) is 0 Å². The summed E-state index contributed by atoms with van der Waals surface area (Å²) in [5.41, 5.74) is 9.92. The molecule has 70 valence electrons. The lowest BCUT2D eigenvalue weighted by atomic mass is 10.4. The van der Waals surface area contributed by atoms with Gasteiger partial charge in [-0.3, -0.25) is 4.79 Å². The van der Waals surface area contributed by atoms with Crippen LogP contribution in [0.1, 0.15) is 6.42 Å². The summed E-state index contributed by atoms with van der Waals surface area (Å²) >= 11 is 0. The SMILES string of the molecule is NCCC(=O)NCCNC(N)=O. The number of carbonyl (C=O) groups is 2. The number of hydrogen-bond donors (Lipinski definition) is 4. The van der Waals surface area contributed by atoms with Crippen molar-refractivity contribution in [2.75, 3.05) is 19.6 Å². The van der Waals surface area contributed by atoms with Crippen LogP contribution in [0.15, 0.2) is 0 Å². The molecule has 0 heterocycles. The fourth-order valence-corrected chi connectivity index (χ4v) is 0.607. The molecule has 0 aromatic rings. The molecule has 6 N–H and O–H groups in total. The summed E-state index contributed by atoms with van der Waals surface area (Å²) < 4.78 is 0. The minimum atomic E-state index is -0.594. The van der Waals surface area contributed by atoms with E-state index in [9.17, 15) is 9.59 Å². The van der Waals surface area contributed by atoms with Crippen molar-refractivity contribution in [2.24, 2.45) is 11.5 Å². The van der Waals surface area contributed by atoms with Crippen LogP contribution in [-0.2, 0) is 4.79 Å². The van der Waals surface area contributed by atoms with Crippen LogP contribution in [-0.4, -0.2) is 31.6 Å². The molecule has 0 aliphatic carbocycles. The lowest BCUT2D eigenvalue weighted by Crippen LogP contribution is -2.37. The zero-order chi connectivity index (χ0) is 9.40. The zero-order valence-corrected chi connectivity index (χ0v) is 6.80. The summed E-state index contributed by atoms with van der Waals surface area (Å²) in [7, 11) is 0. The van der Waals surface area contributed by atoms with Crippen molar-refractivity contribution >= 4 is 11.9 Å². The van der Waals surface area contributed by atoms with Gasteiger partial charge in [-0.05, 0) is 0 Å². The van der Waals surface area contributed by atoms with E-state index in [0.29, 0.717) is 26.1 Å². The topological polar surface area (TPSA) is 110 Å². The Morgan fingerprint density at radius 3 is 2.25 bits per heavy atom. The highest BCUT2D eigenvalue weighted by atomic mass is 16.2. The average molecular weight is 174 g/mol. The molecule has 0 aromatic carbocycles. The third-order valence-corrected chi connectivity index (χ3v) is 1.12. The van der Waals surface area contributed by atoms with Gasteiger partial charge in [-0.1, -0.05) is 0 Å². The van der Waals surface area contributed by atoms with Crippen LogP contribution in [0.3, 0.4) is 0 Å². The van der Waals surface area contributed by atoms with Crippen molar-refractivity contribution in [1.82, 2.24) is 10.6 Å². The average Bonchev–Trinajstić information content (AvgIpc) is 1.98. The molecule has 0 atom stereocenters. The number of nitrogens with one attached hydrogen (secondary N) is 2. The third kappa shape index (κ3) is 6.81. The Morgan fingerprint density at radius 1 is 1.17 bits per heavy atom. The van der Waals surface area contributed by atoms with E-state index in [1.807, 2.05) is 0 Å². The lowest BCUT2D eigenvalue weighted by Gasteiger charge is -2.03. The molecule has 0 aromatic heterocycles. The minimum absolute atomic E-state index is 0.122. The molecule has 12 heavy (non-hydrogen) atoms. The van der Waals surface area contributed by atoms with Crippen molar-refractivity contribution < 1.29 is 9.59 Å². The number of urea groups is 1. The Kier molecular flexibility index (Phi) is 5.72. The monoisotopic (exact) mass is 174 g/mol. The van der Waals surface area contributed by atoms with Gasteiger partial charge in [0.25, 0.3) is 0 Å². The number of primary amides is 1. The summed E-state index contributed by atoms with van der Waals surface area (Å²) in [6.07, 6.45) is 0.302. The minimum Gasteiger partial charge on any atom is -0.354 e. The molecule has 0 rings (SSSR count). The van der Waals surface area contributed by atoms with Gasteiger partial charge in [-0.25, -0.2) is 4.79 Å². The fourth-order valence-electron chi connectivity index (χ4n) is 0.607. The van der Waals surface area contributed by atoms with E-state index in [2.05, 4.69) is 10.6 Å². The first-order valence-electron chi connectivity index (χ1n) is 3.67. The number of amides is 3. The zero-order valence-electron chi connectivity index (χ0n) is 6.80. The maximum absolute atomic E-state index is 10.8. The molecule has 6 nitrogen and oxygen atoms in total. The molecule has 0 bridgehead atoms. The van der Waals surface area contributed by atoms with E-state index in [4.69, 9.17) is 11.5 Å². The van der Waals surface area contributed by atoms with Gasteiger partial charge < -0.3 is 22.1 Å². The normalized spacial score (nSPS) is 9.08. The van der Waals surface area contributed by atoms with E-state index in [0.717, 1.165) is 0 Å². The Hall–Kier alpha value is -1.30. The molecular formula is C6H14N4O2. The van der Waals surface area contributed by atoms with E-state index >= 15 is 0 Å². The van der Waals surface area contributed by atoms with Crippen molar-refractivity contribution in [3.63, 3.8) is 0 Å². The van der Waals surface area contributed by atoms with Crippen LogP contribution in [0.5, 0.6) is 0 Å². The third-order valence-electron chi connectivity index (χ3n) is 1.12. The Labute approximate surface area is 70.7 Å². The number of hydrogen-bond acceptors (Lipinski definition) is 3. The van der Waals surface area contributed by atoms with Crippen LogP contribution in [0.25, 0.3) is 0 Å². The highest BCUT2D eigenvalue weighted by Gasteiger charge is 1.97. The van der Waals surface area contributed by atoms with Gasteiger partial charge in [-0.2, -0.15) is 0 Å².